The molecular weight excluding hydrogens is 341 g/mol. The fourth-order valence-corrected chi connectivity index (χ4v) is 2.69. The number of hydrogen-bond donors (Lipinski definition) is 1. The number of nitrogens with one attached hydrogen (secondary N) is 1. The Morgan fingerprint density at radius 1 is 1.25 bits per heavy atom. The van der Waals surface area contributed by atoms with Crippen LogP contribution in [-0.4, -0.2) is 7.05 Å². The van der Waals surface area contributed by atoms with E-state index in [9.17, 15) is 4.39 Å². The number of hydrogen-bond acceptors (Lipinski definition) is 1. The quantitative estimate of drug-likeness (QED) is 0.750. The molecular formula is C16H16BrClFN. The molecule has 1 unspecified atom stereocenters. The zero-order valence-corrected chi connectivity index (χ0v) is 13.7. The Balaban J connectivity index is 2.43. The lowest BCUT2D eigenvalue weighted by Gasteiger charge is -2.19. The van der Waals surface area contributed by atoms with E-state index in [-0.39, 0.29) is 11.9 Å². The van der Waals surface area contributed by atoms with Crippen molar-refractivity contribution in [2.75, 3.05) is 7.05 Å². The molecule has 1 N–H and O–H groups in total. The van der Waals surface area contributed by atoms with Crippen molar-refractivity contribution in [1.82, 2.24) is 5.32 Å². The van der Waals surface area contributed by atoms with Crippen molar-refractivity contribution in [2.24, 2.45) is 0 Å². The monoisotopic (exact) mass is 355 g/mol. The first-order chi connectivity index (χ1) is 9.56. The van der Waals surface area contributed by atoms with Gasteiger partial charge in [0.1, 0.15) is 5.82 Å². The summed E-state index contributed by atoms with van der Waals surface area (Å²) in [6.45, 7) is 2.11. The Morgan fingerprint density at radius 3 is 2.45 bits per heavy atom. The van der Waals surface area contributed by atoms with Crippen molar-refractivity contribution in [2.45, 2.75) is 19.4 Å². The molecule has 0 aliphatic heterocycles. The Bertz CT molecular complexity index is 598. The van der Waals surface area contributed by atoms with Crippen LogP contribution in [-0.2, 0) is 6.42 Å². The highest BCUT2D eigenvalue weighted by molar-refractivity contribution is 9.10. The molecule has 0 radical (unpaired) electrons. The molecule has 4 heteroatoms. The van der Waals surface area contributed by atoms with Crippen molar-refractivity contribution in [3.05, 3.63) is 68.4 Å². The van der Waals surface area contributed by atoms with Gasteiger partial charge in [0.05, 0.1) is 11.1 Å². The lowest BCUT2D eigenvalue weighted by atomic mass is 9.97. The summed E-state index contributed by atoms with van der Waals surface area (Å²) in [7, 11) is 1.81. The Labute approximate surface area is 132 Å². The molecule has 1 nitrogen and oxygen atoms in total. The molecule has 0 heterocycles. The summed E-state index contributed by atoms with van der Waals surface area (Å²) >= 11 is 9.31. The fraction of sp³-hybridized carbons (Fsp3) is 0.250. The maximum atomic E-state index is 14.2. The molecule has 0 saturated carbocycles. The third kappa shape index (κ3) is 3.22. The molecule has 0 aliphatic carbocycles. The molecule has 20 heavy (non-hydrogen) atoms. The van der Waals surface area contributed by atoms with Crippen LogP contribution in [0.25, 0.3) is 0 Å². The molecule has 0 spiro atoms. The summed E-state index contributed by atoms with van der Waals surface area (Å²) in [4.78, 5) is 0. The second kappa shape index (κ2) is 6.70. The van der Waals surface area contributed by atoms with Crippen molar-refractivity contribution in [1.29, 1.82) is 0 Å². The SMILES string of the molecule is CCc1ccc(C(NC)c2cc(Cl)c(Br)cc2F)cc1. The van der Waals surface area contributed by atoms with E-state index in [1.807, 2.05) is 19.2 Å². The third-order valence-corrected chi connectivity index (χ3v) is 4.56. The second-order valence-corrected chi connectivity index (χ2v) is 5.87. The molecule has 0 aromatic heterocycles. The van der Waals surface area contributed by atoms with Crippen LogP contribution in [0.3, 0.4) is 0 Å². The van der Waals surface area contributed by atoms with Crippen LogP contribution in [0.2, 0.25) is 5.02 Å². The predicted octanol–water partition coefficient (Wildman–Crippen LogP) is 5.11. The summed E-state index contributed by atoms with van der Waals surface area (Å²) in [6, 6.07) is 11.0. The third-order valence-electron chi connectivity index (χ3n) is 3.36. The van der Waals surface area contributed by atoms with Crippen molar-refractivity contribution >= 4 is 27.5 Å². The van der Waals surface area contributed by atoms with Crippen LogP contribution in [0.1, 0.15) is 29.7 Å². The summed E-state index contributed by atoms with van der Waals surface area (Å²) < 4.78 is 14.7. The largest absolute Gasteiger partial charge is 0.309 e. The Hall–Kier alpha value is -0.900. The molecule has 0 aliphatic rings. The second-order valence-electron chi connectivity index (χ2n) is 4.60. The molecule has 0 saturated heterocycles. The first kappa shape index (κ1) is 15.5. The zero-order chi connectivity index (χ0) is 14.7. The highest BCUT2D eigenvalue weighted by Gasteiger charge is 2.18. The van der Waals surface area contributed by atoms with Gasteiger partial charge in [-0.25, -0.2) is 4.39 Å². The van der Waals surface area contributed by atoms with Gasteiger partial charge in [-0.15, -0.1) is 0 Å². The Morgan fingerprint density at radius 2 is 1.90 bits per heavy atom. The zero-order valence-electron chi connectivity index (χ0n) is 11.4. The topological polar surface area (TPSA) is 12.0 Å². The van der Waals surface area contributed by atoms with Crippen LogP contribution >= 0.6 is 27.5 Å². The lowest BCUT2D eigenvalue weighted by molar-refractivity contribution is 0.575. The predicted molar refractivity (Wildman–Crippen MR) is 85.8 cm³/mol. The van der Waals surface area contributed by atoms with E-state index in [1.54, 1.807) is 6.07 Å². The van der Waals surface area contributed by atoms with Crippen LogP contribution < -0.4 is 5.32 Å². The number of rotatable bonds is 4. The maximum Gasteiger partial charge on any atom is 0.129 e. The summed E-state index contributed by atoms with van der Waals surface area (Å²) in [5.74, 6) is -0.278. The summed E-state index contributed by atoms with van der Waals surface area (Å²) in [6.07, 6.45) is 0.989. The van der Waals surface area contributed by atoms with E-state index in [0.29, 0.717) is 15.1 Å². The van der Waals surface area contributed by atoms with E-state index in [4.69, 9.17) is 11.6 Å². The van der Waals surface area contributed by atoms with E-state index in [0.717, 1.165) is 12.0 Å². The number of halogens is 3. The van der Waals surface area contributed by atoms with E-state index < -0.39 is 0 Å². The lowest BCUT2D eigenvalue weighted by Crippen LogP contribution is -2.19. The molecule has 0 fully saturated rings. The van der Waals surface area contributed by atoms with Gasteiger partial charge in [-0.1, -0.05) is 42.8 Å². The highest BCUT2D eigenvalue weighted by atomic mass is 79.9. The van der Waals surface area contributed by atoms with Gasteiger partial charge in [-0.3, -0.25) is 0 Å². The van der Waals surface area contributed by atoms with Gasteiger partial charge >= 0.3 is 0 Å². The van der Waals surface area contributed by atoms with Gasteiger partial charge in [-0.05, 0) is 52.7 Å². The summed E-state index contributed by atoms with van der Waals surface area (Å²) in [5, 5.41) is 3.65. The Kier molecular flexibility index (Phi) is 5.19. The first-order valence-corrected chi connectivity index (χ1v) is 7.64. The minimum absolute atomic E-state index is 0.216. The van der Waals surface area contributed by atoms with Gasteiger partial charge in [0.15, 0.2) is 0 Å². The molecule has 2 aromatic rings. The van der Waals surface area contributed by atoms with Crippen molar-refractivity contribution in [3.8, 4) is 0 Å². The molecule has 1 atom stereocenters. The van der Waals surface area contributed by atoms with Crippen molar-refractivity contribution < 1.29 is 4.39 Å². The first-order valence-electron chi connectivity index (χ1n) is 6.47. The standard InChI is InChI=1S/C16H16BrClFN/c1-3-10-4-6-11(7-5-10)16(20-2)12-8-14(18)13(17)9-15(12)19/h4-9,16,20H,3H2,1-2H3. The average molecular weight is 357 g/mol. The van der Waals surface area contributed by atoms with Gasteiger partial charge in [0, 0.05) is 10.0 Å². The molecule has 0 bridgehead atoms. The van der Waals surface area contributed by atoms with Gasteiger partial charge in [-0.2, -0.15) is 0 Å². The smallest absolute Gasteiger partial charge is 0.129 e. The van der Waals surface area contributed by atoms with Crippen LogP contribution in [0.5, 0.6) is 0 Å². The summed E-state index contributed by atoms with van der Waals surface area (Å²) in [5.41, 5.74) is 2.82. The number of benzene rings is 2. The highest BCUT2D eigenvalue weighted by Crippen LogP contribution is 2.31. The van der Waals surface area contributed by atoms with E-state index in [1.165, 1.54) is 11.6 Å². The van der Waals surface area contributed by atoms with Gasteiger partial charge in [0.25, 0.3) is 0 Å². The fourth-order valence-electron chi connectivity index (χ4n) is 2.21. The normalized spacial score (nSPS) is 12.4. The van der Waals surface area contributed by atoms with Crippen LogP contribution in [0, 0.1) is 5.82 Å². The molecule has 0 amide bonds. The maximum absolute atomic E-state index is 14.2. The van der Waals surface area contributed by atoms with E-state index in [2.05, 4.69) is 40.3 Å². The molecule has 106 valence electrons. The van der Waals surface area contributed by atoms with Gasteiger partial charge < -0.3 is 5.32 Å². The van der Waals surface area contributed by atoms with Gasteiger partial charge in [0.2, 0.25) is 0 Å². The molecule has 2 rings (SSSR count). The molecule has 2 aromatic carbocycles. The van der Waals surface area contributed by atoms with E-state index >= 15 is 0 Å². The van der Waals surface area contributed by atoms with Crippen LogP contribution in [0.15, 0.2) is 40.9 Å². The minimum Gasteiger partial charge on any atom is -0.309 e. The van der Waals surface area contributed by atoms with Crippen molar-refractivity contribution in [3.63, 3.8) is 0 Å². The minimum atomic E-state index is -0.278. The van der Waals surface area contributed by atoms with Crippen LogP contribution in [0.4, 0.5) is 4.39 Å². The average Bonchev–Trinajstić information content (AvgIpc) is 2.46. The number of aryl methyl sites for hydroxylation is 1.